The molecule has 0 saturated carbocycles. The maximum Gasteiger partial charge on any atom is 0.0931 e. The highest BCUT2D eigenvalue weighted by molar-refractivity contribution is 5.74. The molecule has 0 radical (unpaired) electrons. The Balaban J connectivity index is 2.10. The van der Waals surface area contributed by atoms with Crippen LogP contribution in [0.25, 0.3) is 11.0 Å². The standard InChI is InChI=1S/C10H14N4/c1-11-6-12-5-8-2-3-9-10(4-8)14-7-13-9/h2-4,7,11-12H,5-6H2,1H3,(H,13,14). The summed E-state index contributed by atoms with van der Waals surface area (Å²) >= 11 is 0. The van der Waals surface area contributed by atoms with E-state index >= 15 is 0 Å². The highest BCUT2D eigenvalue weighted by atomic mass is 15.0. The predicted octanol–water partition coefficient (Wildman–Crippen LogP) is 0.829. The predicted molar refractivity (Wildman–Crippen MR) is 56.9 cm³/mol. The Morgan fingerprint density at radius 2 is 2.36 bits per heavy atom. The van der Waals surface area contributed by atoms with Crippen molar-refractivity contribution in [2.24, 2.45) is 0 Å². The van der Waals surface area contributed by atoms with E-state index in [2.05, 4.69) is 32.7 Å². The van der Waals surface area contributed by atoms with Crippen LogP contribution in [0.2, 0.25) is 0 Å². The SMILES string of the molecule is CNCNCc1ccc2nc[nH]c2c1. The first-order valence-electron chi connectivity index (χ1n) is 4.67. The molecule has 3 N–H and O–H groups in total. The van der Waals surface area contributed by atoms with Gasteiger partial charge in [-0.3, -0.25) is 0 Å². The maximum atomic E-state index is 4.17. The lowest BCUT2D eigenvalue weighted by Gasteiger charge is -2.03. The molecule has 0 amide bonds. The molecular weight excluding hydrogens is 176 g/mol. The van der Waals surface area contributed by atoms with E-state index in [-0.39, 0.29) is 0 Å². The summed E-state index contributed by atoms with van der Waals surface area (Å²) in [5.74, 6) is 0. The quantitative estimate of drug-likeness (QED) is 0.494. The fourth-order valence-corrected chi connectivity index (χ4v) is 1.42. The maximum absolute atomic E-state index is 4.17. The van der Waals surface area contributed by atoms with E-state index in [1.54, 1.807) is 6.33 Å². The number of benzene rings is 1. The molecule has 0 aliphatic heterocycles. The summed E-state index contributed by atoms with van der Waals surface area (Å²) in [6, 6.07) is 6.24. The number of hydrogen-bond donors (Lipinski definition) is 3. The Labute approximate surface area is 82.7 Å². The third-order valence-corrected chi connectivity index (χ3v) is 2.12. The van der Waals surface area contributed by atoms with Crippen molar-refractivity contribution in [3.8, 4) is 0 Å². The summed E-state index contributed by atoms with van der Waals surface area (Å²) in [5.41, 5.74) is 3.37. The first-order chi connectivity index (χ1) is 6.90. The van der Waals surface area contributed by atoms with Gasteiger partial charge in [-0.15, -0.1) is 0 Å². The highest BCUT2D eigenvalue weighted by Gasteiger charge is 1.97. The number of aromatic nitrogens is 2. The van der Waals surface area contributed by atoms with Crippen LogP contribution >= 0.6 is 0 Å². The molecule has 0 aliphatic rings. The summed E-state index contributed by atoms with van der Waals surface area (Å²) in [6.07, 6.45) is 1.72. The van der Waals surface area contributed by atoms with Gasteiger partial charge in [0.15, 0.2) is 0 Å². The molecule has 4 heteroatoms. The van der Waals surface area contributed by atoms with E-state index in [1.807, 2.05) is 13.1 Å². The van der Waals surface area contributed by atoms with E-state index in [0.717, 1.165) is 24.2 Å². The minimum atomic E-state index is 0.820. The van der Waals surface area contributed by atoms with Gasteiger partial charge in [0.1, 0.15) is 0 Å². The lowest BCUT2D eigenvalue weighted by Crippen LogP contribution is -2.25. The van der Waals surface area contributed by atoms with Gasteiger partial charge in [0, 0.05) is 13.2 Å². The van der Waals surface area contributed by atoms with Gasteiger partial charge in [0.25, 0.3) is 0 Å². The normalized spacial score (nSPS) is 10.9. The zero-order chi connectivity index (χ0) is 9.80. The van der Waals surface area contributed by atoms with Gasteiger partial charge in [-0.2, -0.15) is 0 Å². The van der Waals surface area contributed by atoms with Crippen molar-refractivity contribution in [3.05, 3.63) is 30.1 Å². The van der Waals surface area contributed by atoms with Gasteiger partial charge >= 0.3 is 0 Å². The van der Waals surface area contributed by atoms with Gasteiger partial charge in [-0.05, 0) is 24.7 Å². The smallest absolute Gasteiger partial charge is 0.0931 e. The largest absolute Gasteiger partial charge is 0.345 e. The van der Waals surface area contributed by atoms with E-state index < -0.39 is 0 Å². The van der Waals surface area contributed by atoms with Crippen LogP contribution < -0.4 is 10.6 Å². The zero-order valence-electron chi connectivity index (χ0n) is 8.17. The van der Waals surface area contributed by atoms with Crippen molar-refractivity contribution in [1.29, 1.82) is 0 Å². The molecule has 1 aromatic carbocycles. The fraction of sp³-hybridized carbons (Fsp3) is 0.300. The Morgan fingerprint density at radius 3 is 3.21 bits per heavy atom. The summed E-state index contributed by atoms with van der Waals surface area (Å²) in [6.45, 7) is 1.69. The molecule has 1 aromatic heterocycles. The second kappa shape index (κ2) is 4.21. The molecule has 0 spiro atoms. The summed E-state index contributed by atoms with van der Waals surface area (Å²) in [4.78, 5) is 7.26. The molecular formula is C10H14N4. The lowest BCUT2D eigenvalue weighted by atomic mass is 10.2. The fourth-order valence-electron chi connectivity index (χ4n) is 1.42. The molecule has 0 bridgehead atoms. The van der Waals surface area contributed by atoms with Crippen LogP contribution in [0, 0.1) is 0 Å². The van der Waals surface area contributed by atoms with Crippen LogP contribution in [-0.4, -0.2) is 23.7 Å². The number of aromatic amines is 1. The van der Waals surface area contributed by atoms with Gasteiger partial charge in [-0.1, -0.05) is 6.07 Å². The third-order valence-electron chi connectivity index (χ3n) is 2.12. The average molecular weight is 190 g/mol. The first kappa shape index (κ1) is 9.18. The molecule has 0 unspecified atom stereocenters. The highest BCUT2D eigenvalue weighted by Crippen LogP contribution is 2.10. The number of nitrogens with zero attached hydrogens (tertiary/aromatic N) is 1. The first-order valence-corrected chi connectivity index (χ1v) is 4.67. The summed E-state index contributed by atoms with van der Waals surface area (Å²) in [5, 5.41) is 6.30. The van der Waals surface area contributed by atoms with Crippen molar-refractivity contribution in [1.82, 2.24) is 20.6 Å². The minimum absolute atomic E-state index is 0.820. The molecule has 1 heterocycles. The van der Waals surface area contributed by atoms with Crippen LogP contribution in [0.15, 0.2) is 24.5 Å². The average Bonchev–Trinajstić information content (AvgIpc) is 2.65. The summed E-state index contributed by atoms with van der Waals surface area (Å²) in [7, 11) is 1.92. The van der Waals surface area contributed by atoms with Crippen LogP contribution in [-0.2, 0) is 6.54 Å². The van der Waals surface area contributed by atoms with Crippen molar-refractivity contribution < 1.29 is 0 Å². The van der Waals surface area contributed by atoms with E-state index in [4.69, 9.17) is 0 Å². The van der Waals surface area contributed by atoms with Crippen molar-refractivity contribution in [3.63, 3.8) is 0 Å². The molecule has 0 aliphatic carbocycles. The molecule has 74 valence electrons. The van der Waals surface area contributed by atoms with Crippen LogP contribution in [0.5, 0.6) is 0 Å². The molecule has 4 nitrogen and oxygen atoms in total. The number of nitrogens with one attached hydrogen (secondary N) is 3. The van der Waals surface area contributed by atoms with Crippen molar-refractivity contribution in [2.45, 2.75) is 6.54 Å². The lowest BCUT2D eigenvalue weighted by molar-refractivity contribution is 0.632. The van der Waals surface area contributed by atoms with Gasteiger partial charge in [-0.25, -0.2) is 4.98 Å². The van der Waals surface area contributed by atoms with Crippen LogP contribution in [0.4, 0.5) is 0 Å². The van der Waals surface area contributed by atoms with E-state index in [1.165, 1.54) is 5.56 Å². The third kappa shape index (κ3) is 1.92. The van der Waals surface area contributed by atoms with Crippen molar-refractivity contribution in [2.75, 3.05) is 13.7 Å². The van der Waals surface area contributed by atoms with Gasteiger partial charge in [0.2, 0.25) is 0 Å². The second-order valence-electron chi connectivity index (χ2n) is 3.21. The molecule has 0 saturated heterocycles. The molecule has 2 rings (SSSR count). The number of rotatable bonds is 4. The number of imidazole rings is 1. The molecule has 14 heavy (non-hydrogen) atoms. The van der Waals surface area contributed by atoms with Crippen molar-refractivity contribution >= 4 is 11.0 Å². The summed E-state index contributed by atoms with van der Waals surface area (Å²) < 4.78 is 0. The van der Waals surface area contributed by atoms with E-state index in [0.29, 0.717) is 0 Å². The number of fused-ring (bicyclic) bond motifs is 1. The number of H-pyrrole nitrogens is 1. The van der Waals surface area contributed by atoms with Gasteiger partial charge < -0.3 is 15.6 Å². The second-order valence-corrected chi connectivity index (χ2v) is 3.21. The number of hydrogen-bond acceptors (Lipinski definition) is 3. The van der Waals surface area contributed by atoms with E-state index in [9.17, 15) is 0 Å². The Bertz CT molecular complexity index is 407. The molecule has 0 atom stereocenters. The monoisotopic (exact) mass is 190 g/mol. The molecule has 0 fully saturated rings. The minimum Gasteiger partial charge on any atom is -0.345 e. The van der Waals surface area contributed by atoms with Crippen LogP contribution in [0.1, 0.15) is 5.56 Å². The topological polar surface area (TPSA) is 52.7 Å². The Hall–Kier alpha value is -1.39. The zero-order valence-corrected chi connectivity index (χ0v) is 8.17. The van der Waals surface area contributed by atoms with Gasteiger partial charge in [0.05, 0.1) is 17.4 Å². The van der Waals surface area contributed by atoms with Crippen LogP contribution in [0.3, 0.4) is 0 Å². The Kier molecular flexibility index (Phi) is 2.76. The molecule has 2 aromatic rings. The Morgan fingerprint density at radius 1 is 1.43 bits per heavy atom.